The van der Waals surface area contributed by atoms with Crippen molar-refractivity contribution in [2.75, 3.05) is 19.7 Å². The van der Waals surface area contributed by atoms with Crippen LogP contribution >= 0.6 is 11.8 Å². The quantitative estimate of drug-likeness (QED) is 0.674. The van der Waals surface area contributed by atoms with Gasteiger partial charge in [-0.3, -0.25) is 9.59 Å². The average Bonchev–Trinajstić information content (AvgIpc) is 3.09. The monoisotopic (exact) mass is 425 g/mol. The number of thioether (sulfide) groups is 1. The minimum atomic E-state index is -0.360. The van der Waals surface area contributed by atoms with Gasteiger partial charge in [0.15, 0.2) is 0 Å². The Kier molecular flexibility index (Phi) is 7.58. The first-order chi connectivity index (χ1) is 14.6. The Bertz CT molecular complexity index is 903. The lowest BCUT2D eigenvalue weighted by atomic mass is 9.94. The molecule has 2 heterocycles. The Labute approximate surface area is 182 Å². The molecule has 1 N–H and O–H groups in total. The zero-order valence-corrected chi connectivity index (χ0v) is 18.2. The number of carbonyl (C=O) groups excluding carboxylic acids is 2. The third kappa shape index (κ3) is 5.06. The minimum absolute atomic E-state index is 0.154. The number of amides is 2. The fourth-order valence-electron chi connectivity index (χ4n) is 3.70. The molecule has 0 radical (unpaired) electrons. The standard InChI is InChI=1S/C23H27N3O3S/c1-3-7-22(28)26-13-12-17-18(14-24)23(30-20(17)15-26)25-21(27)11-10-16-8-5-6-9-19(16)29-4-2/h5-6,8-11,18,23H,3-4,7,12-13,15H2,1-2H3,(H,25,27)/b11-10+. The van der Waals surface area contributed by atoms with Gasteiger partial charge >= 0.3 is 0 Å². The number of benzene rings is 1. The highest BCUT2D eigenvalue weighted by Gasteiger charge is 2.39. The molecule has 2 atom stereocenters. The lowest BCUT2D eigenvalue weighted by Crippen LogP contribution is -2.36. The van der Waals surface area contributed by atoms with Crippen molar-refractivity contribution in [1.82, 2.24) is 10.2 Å². The third-order valence-electron chi connectivity index (χ3n) is 5.16. The van der Waals surface area contributed by atoms with Gasteiger partial charge in [-0.15, -0.1) is 11.8 Å². The first-order valence-electron chi connectivity index (χ1n) is 10.3. The fraction of sp³-hybridized carbons (Fsp3) is 0.435. The topological polar surface area (TPSA) is 82.4 Å². The van der Waals surface area contributed by atoms with Crippen LogP contribution < -0.4 is 10.1 Å². The molecule has 2 unspecified atom stereocenters. The Hall–Kier alpha value is -2.72. The van der Waals surface area contributed by atoms with E-state index in [0.29, 0.717) is 32.5 Å². The number of hydrogen-bond acceptors (Lipinski definition) is 5. The molecule has 0 aromatic heterocycles. The number of nitrogens with one attached hydrogen (secondary N) is 1. The molecule has 2 amide bonds. The van der Waals surface area contributed by atoms with Crippen LogP contribution in [0, 0.1) is 17.2 Å². The van der Waals surface area contributed by atoms with E-state index >= 15 is 0 Å². The van der Waals surface area contributed by atoms with Crippen molar-refractivity contribution >= 4 is 29.7 Å². The number of para-hydroxylation sites is 1. The third-order valence-corrected chi connectivity index (χ3v) is 6.48. The Morgan fingerprint density at radius 3 is 2.90 bits per heavy atom. The van der Waals surface area contributed by atoms with E-state index < -0.39 is 0 Å². The molecule has 158 valence electrons. The van der Waals surface area contributed by atoms with E-state index in [4.69, 9.17) is 4.74 Å². The fourth-order valence-corrected chi connectivity index (χ4v) is 5.15. The van der Waals surface area contributed by atoms with Gasteiger partial charge in [-0.25, -0.2) is 0 Å². The number of rotatable bonds is 7. The largest absolute Gasteiger partial charge is 0.493 e. The molecule has 6 nitrogen and oxygen atoms in total. The Morgan fingerprint density at radius 2 is 2.17 bits per heavy atom. The molecule has 30 heavy (non-hydrogen) atoms. The van der Waals surface area contributed by atoms with Crippen LogP contribution in [0.3, 0.4) is 0 Å². The normalized spacial score (nSPS) is 20.8. The summed E-state index contributed by atoms with van der Waals surface area (Å²) in [4.78, 5) is 27.7. The molecular formula is C23H27N3O3S. The number of carbonyl (C=O) groups is 2. The van der Waals surface area contributed by atoms with E-state index in [0.717, 1.165) is 28.2 Å². The van der Waals surface area contributed by atoms with Crippen molar-refractivity contribution in [2.45, 2.75) is 38.5 Å². The van der Waals surface area contributed by atoms with E-state index in [1.165, 1.54) is 17.8 Å². The number of ether oxygens (including phenoxy) is 1. The van der Waals surface area contributed by atoms with E-state index in [9.17, 15) is 14.9 Å². The minimum Gasteiger partial charge on any atom is -0.493 e. The summed E-state index contributed by atoms with van der Waals surface area (Å²) in [6, 6.07) is 9.88. The van der Waals surface area contributed by atoms with E-state index in [-0.39, 0.29) is 23.1 Å². The lowest BCUT2D eigenvalue weighted by molar-refractivity contribution is -0.131. The molecule has 3 rings (SSSR count). The number of nitriles is 1. The highest BCUT2D eigenvalue weighted by atomic mass is 32.2. The van der Waals surface area contributed by atoms with Crippen LogP contribution in [0.4, 0.5) is 0 Å². The van der Waals surface area contributed by atoms with Gasteiger partial charge in [-0.2, -0.15) is 5.26 Å². The number of hydrogen-bond donors (Lipinski definition) is 1. The SMILES string of the molecule is CCCC(=O)N1CCC2=C(C1)SC(NC(=O)/C=C/c1ccccc1OCC)C2C#N. The molecule has 0 fully saturated rings. The predicted molar refractivity (Wildman–Crippen MR) is 118 cm³/mol. The molecule has 1 aromatic rings. The van der Waals surface area contributed by atoms with Crippen molar-refractivity contribution in [3.63, 3.8) is 0 Å². The van der Waals surface area contributed by atoms with E-state index in [1.54, 1.807) is 6.08 Å². The van der Waals surface area contributed by atoms with Crippen molar-refractivity contribution in [3.8, 4) is 11.8 Å². The van der Waals surface area contributed by atoms with Gasteiger partial charge in [0.1, 0.15) is 5.75 Å². The van der Waals surface area contributed by atoms with Crippen molar-refractivity contribution < 1.29 is 14.3 Å². The summed E-state index contributed by atoms with van der Waals surface area (Å²) in [6.07, 6.45) is 5.26. The van der Waals surface area contributed by atoms with Crippen molar-refractivity contribution in [1.29, 1.82) is 5.26 Å². The van der Waals surface area contributed by atoms with Crippen molar-refractivity contribution in [3.05, 3.63) is 46.4 Å². The summed E-state index contributed by atoms with van der Waals surface area (Å²) in [5.41, 5.74) is 1.90. The molecule has 0 saturated heterocycles. The molecular weight excluding hydrogens is 398 g/mol. The van der Waals surface area contributed by atoms with Crippen LogP contribution in [0.1, 0.15) is 38.7 Å². The van der Waals surface area contributed by atoms with Crippen LogP contribution in [-0.4, -0.2) is 41.8 Å². The zero-order chi connectivity index (χ0) is 21.5. The molecule has 0 spiro atoms. The van der Waals surface area contributed by atoms with Crippen LogP contribution in [0.5, 0.6) is 5.75 Å². The summed E-state index contributed by atoms with van der Waals surface area (Å²) >= 11 is 1.50. The summed E-state index contributed by atoms with van der Waals surface area (Å²) in [7, 11) is 0. The number of nitrogens with zero attached hydrogens (tertiary/aromatic N) is 2. The molecule has 2 aliphatic rings. The molecule has 7 heteroatoms. The maximum Gasteiger partial charge on any atom is 0.244 e. The van der Waals surface area contributed by atoms with Gasteiger partial charge in [-0.05, 0) is 37.5 Å². The molecule has 0 aliphatic carbocycles. The van der Waals surface area contributed by atoms with Gasteiger partial charge in [-0.1, -0.05) is 25.1 Å². The first kappa shape index (κ1) is 22.0. The van der Waals surface area contributed by atoms with Gasteiger partial charge < -0.3 is 15.0 Å². The summed E-state index contributed by atoms with van der Waals surface area (Å²) in [5, 5.41) is 12.3. The summed E-state index contributed by atoms with van der Waals surface area (Å²) in [6.45, 7) is 5.65. The maximum absolute atomic E-state index is 12.5. The van der Waals surface area contributed by atoms with Gasteiger partial charge in [0.25, 0.3) is 0 Å². The van der Waals surface area contributed by atoms with Crippen LogP contribution in [-0.2, 0) is 9.59 Å². The molecule has 0 bridgehead atoms. The highest BCUT2D eigenvalue weighted by molar-refractivity contribution is 8.04. The highest BCUT2D eigenvalue weighted by Crippen LogP contribution is 2.44. The summed E-state index contributed by atoms with van der Waals surface area (Å²) < 4.78 is 5.58. The van der Waals surface area contributed by atoms with Gasteiger partial charge in [0, 0.05) is 29.5 Å². The Morgan fingerprint density at radius 1 is 1.37 bits per heavy atom. The second-order valence-corrected chi connectivity index (χ2v) is 8.46. The second-order valence-electron chi connectivity index (χ2n) is 7.22. The van der Waals surface area contributed by atoms with Gasteiger partial charge in [0.05, 0.1) is 30.5 Å². The second kappa shape index (κ2) is 10.4. The molecule has 0 saturated carbocycles. The van der Waals surface area contributed by atoms with E-state index in [2.05, 4.69) is 11.4 Å². The van der Waals surface area contributed by atoms with Crippen LogP contribution in [0.15, 0.2) is 40.8 Å². The lowest BCUT2D eigenvalue weighted by Gasteiger charge is -2.28. The average molecular weight is 426 g/mol. The zero-order valence-electron chi connectivity index (χ0n) is 17.4. The van der Waals surface area contributed by atoms with Gasteiger partial charge in [0.2, 0.25) is 11.8 Å². The van der Waals surface area contributed by atoms with E-state index in [1.807, 2.05) is 43.0 Å². The maximum atomic E-state index is 12.5. The van der Waals surface area contributed by atoms with Crippen LogP contribution in [0.25, 0.3) is 6.08 Å². The first-order valence-corrected chi connectivity index (χ1v) is 11.2. The smallest absolute Gasteiger partial charge is 0.244 e. The molecule has 1 aromatic carbocycles. The Balaban J connectivity index is 1.63. The molecule has 2 aliphatic heterocycles. The van der Waals surface area contributed by atoms with Crippen LogP contribution in [0.2, 0.25) is 0 Å². The summed E-state index contributed by atoms with van der Waals surface area (Å²) in [5.74, 6) is 0.268. The van der Waals surface area contributed by atoms with Crippen molar-refractivity contribution in [2.24, 2.45) is 5.92 Å². The predicted octanol–water partition coefficient (Wildman–Crippen LogP) is 3.71.